The Kier molecular flexibility index (Phi) is 5.07. The topological polar surface area (TPSA) is 58.6 Å². The Labute approximate surface area is 160 Å². The maximum absolute atomic E-state index is 12.9. The fraction of sp³-hybridized carbons (Fsp3) is 0.476. The second-order valence-electron chi connectivity index (χ2n) is 7.48. The molecular weight excluding hydrogens is 340 g/mol. The first kappa shape index (κ1) is 17.9. The number of aryl methyl sites for hydroxylation is 1. The maximum Gasteiger partial charge on any atom is 0.225 e. The Bertz CT molecular complexity index is 798. The van der Waals surface area contributed by atoms with Gasteiger partial charge in [0.05, 0.1) is 25.3 Å². The van der Waals surface area contributed by atoms with Gasteiger partial charge in [-0.15, -0.1) is 0 Å². The molecule has 0 saturated carbocycles. The number of likely N-dealkylation sites (tertiary alicyclic amines) is 1. The van der Waals surface area contributed by atoms with Gasteiger partial charge >= 0.3 is 0 Å². The van der Waals surface area contributed by atoms with Crippen molar-refractivity contribution in [3.8, 4) is 0 Å². The smallest absolute Gasteiger partial charge is 0.225 e. The molecule has 1 aromatic carbocycles. The minimum Gasteiger partial charge on any atom is -0.384 e. The lowest BCUT2D eigenvalue weighted by Crippen LogP contribution is -2.36. The molecule has 6 nitrogen and oxygen atoms in total. The molecule has 2 aliphatic rings. The molecule has 1 amide bonds. The number of anilines is 1. The van der Waals surface area contributed by atoms with Crippen molar-refractivity contribution < 1.29 is 9.53 Å². The molecule has 0 aliphatic carbocycles. The van der Waals surface area contributed by atoms with Crippen LogP contribution in [0.5, 0.6) is 0 Å². The summed E-state index contributed by atoms with van der Waals surface area (Å²) >= 11 is 0. The molecule has 4 rings (SSSR count). The molecule has 142 valence electrons. The van der Waals surface area contributed by atoms with Crippen LogP contribution in [0, 0.1) is 18.8 Å². The number of hydrogen-bond donors (Lipinski definition) is 0. The molecule has 0 spiro atoms. The number of fused-ring (bicyclic) bond motifs is 1. The molecule has 0 unspecified atom stereocenters. The minimum atomic E-state index is 0.113. The van der Waals surface area contributed by atoms with Gasteiger partial charge in [-0.25, -0.2) is 4.98 Å². The van der Waals surface area contributed by atoms with Crippen molar-refractivity contribution in [3.05, 3.63) is 54.0 Å². The Balaban J connectivity index is 1.62. The summed E-state index contributed by atoms with van der Waals surface area (Å²) in [6.07, 6.45) is 5.70. The van der Waals surface area contributed by atoms with Crippen LogP contribution in [0.1, 0.15) is 23.6 Å². The number of amides is 1. The molecule has 0 bridgehead atoms. The number of nitrogens with zero attached hydrogens (tertiary/aromatic N) is 4. The van der Waals surface area contributed by atoms with Gasteiger partial charge in [0.2, 0.25) is 5.91 Å². The average molecular weight is 366 g/mol. The summed E-state index contributed by atoms with van der Waals surface area (Å²) in [5, 5.41) is 0. The minimum absolute atomic E-state index is 0.113. The molecule has 1 aromatic heterocycles. The highest BCUT2D eigenvalue weighted by molar-refractivity contribution is 5.77. The SMILES string of the molecule is COCCC(=O)N1C[C@@H]2CN(c3cnccn3)C[C@@H]2[C@H]1c1ccccc1C. The summed E-state index contributed by atoms with van der Waals surface area (Å²) in [6.45, 7) is 5.21. The highest BCUT2D eigenvalue weighted by Gasteiger charge is 2.49. The van der Waals surface area contributed by atoms with E-state index in [1.807, 2.05) is 6.20 Å². The highest BCUT2D eigenvalue weighted by atomic mass is 16.5. The standard InChI is InChI=1S/C21H26N4O2/c1-15-5-3-4-6-17(15)21-18-14-24(19-11-22-8-9-23-19)12-16(18)13-25(21)20(26)7-10-27-2/h3-6,8-9,11,16,18,21H,7,10,12-14H2,1-2H3/t16-,18-,21+/m0/s1. The first-order valence-electron chi connectivity index (χ1n) is 9.54. The molecular formula is C21H26N4O2. The number of benzene rings is 1. The lowest BCUT2D eigenvalue weighted by molar-refractivity contribution is -0.133. The number of ether oxygens (including phenoxy) is 1. The first-order chi connectivity index (χ1) is 13.2. The van der Waals surface area contributed by atoms with Crippen LogP contribution in [0.2, 0.25) is 0 Å². The van der Waals surface area contributed by atoms with E-state index in [0.717, 1.165) is 25.5 Å². The summed E-state index contributed by atoms with van der Waals surface area (Å²) in [7, 11) is 1.64. The van der Waals surface area contributed by atoms with Gasteiger partial charge in [-0.05, 0) is 18.1 Å². The summed E-state index contributed by atoms with van der Waals surface area (Å²) in [6, 6.07) is 8.55. The monoisotopic (exact) mass is 366 g/mol. The first-order valence-corrected chi connectivity index (χ1v) is 9.54. The predicted octanol–water partition coefficient (Wildman–Crippen LogP) is 2.46. The van der Waals surface area contributed by atoms with E-state index in [2.05, 4.69) is 51.0 Å². The lowest BCUT2D eigenvalue weighted by Gasteiger charge is -2.31. The molecule has 2 saturated heterocycles. The van der Waals surface area contributed by atoms with Gasteiger partial charge in [-0.2, -0.15) is 0 Å². The van der Waals surface area contributed by atoms with Crippen molar-refractivity contribution in [2.45, 2.75) is 19.4 Å². The van der Waals surface area contributed by atoms with Gasteiger partial charge in [0.25, 0.3) is 0 Å². The quantitative estimate of drug-likeness (QED) is 0.814. The van der Waals surface area contributed by atoms with E-state index in [9.17, 15) is 4.79 Å². The van der Waals surface area contributed by atoms with Crippen molar-refractivity contribution in [2.75, 3.05) is 38.3 Å². The molecule has 3 heterocycles. The Morgan fingerprint density at radius 1 is 1.22 bits per heavy atom. The molecule has 2 fully saturated rings. The van der Waals surface area contributed by atoms with Gasteiger partial charge in [-0.3, -0.25) is 9.78 Å². The largest absolute Gasteiger partial charge is 0.384 e. The van der Waals surface area contributed by atoms with Crippen molar-refractivity contribution >= 4 is 11.7 Å². The third kappa shape index (κ3) is 3.41. The lowest BCUT2D eigenvalue weighted by atomic mass is 9.87. The highest BCUT2D eigenvalue weighted by Crippen LogP contribution is 2.46. The summed E-state index contributed by atoms with van der Waals surface area (Å²) in [5.41, 5.74) is 2.50. The summed E-state index contributed by atoms with van der Waals surface area (Å²) in [4.78, 5) is 26.0. The van der Waals surface area contributed by atoms with Gasteiger partial charge in [-0.1, -0.05) is 24.3 Å². The molecule has 2 aliphatic heterocycles. The average Bonchev–Trinajstić information content (AvgIpc) is 3.25. The van der Waals surface area contributed by atoms with E-state index in [4.69, 9.17) is 4.74 Å². The third-order valence-electron chi connectivity index (χ3n) is 5.89. The van der Waals surface area contributed by atoms with Crippen molar-refractivity contribution in [3.63, 3.8) is 0 Å². The third-order valence-corrected chi connectivity index (χ3v) is 5.89. The summed E-state index contributed by atoms with van der Waals surface area (Å²) in [5.74, 6) is 1.96. The molecule has 27 heavy (non-hydrogen) atoms. The maximum atomic E-state index is 12.9. The van der Waals surface area contributed by atoms with E-state index in [1.165, 1.54) is 11.1 Å². The zero-order chi connectivity index (χ0) is 18.8. The van der Waals surface area contributed by atoms with Crippen molar-refractivity contribution in [1.82, 2.24) is 14.9 Å². The van der Waals surface area contributed by atoms with E-state index in [1.54, 1.807) is 19.5 Å². The fourth-order valence-corrected chi connectivity index (χ4v) is 4.59. The number of rotatable bonds is 5. The van der Waals surface area contributed by atoms with Gasteiger partial charge in [0.15, 0.2) is 0 Å². The Morgan fingerprint density at radius 2 is 2.07 bits per heavy atom. The zero-order valence-corrected chi connectivity index (χ0v) is 15.9. The van der Waals surface area contributed by atoms with Crippen LogP contribution in [0.25, 0.3) is 0 Å². The van der Waals surface area contributed by atoms with Crippen LogP contribution >= 0.6 is 0 Å². The molecule has 0 radical (unpaired) electrons. The van der Waals surface area contributed by atoms with Crippen LogP contribution in [0.15, 0.2) is 42.9 Å². The molecule has 6 heteroatoms. The number of methoxy groups -OCH3 is 1. The number of carbonyl (C=O) groups excluding carboxylic acids is 1. The Hall–Kier alpha value is -2.47. The van der Waals surface area contributed by atoms with Crippen molar-refractivity contribution in [2.24, 2.45) is 11.8 Å². The molecule has 0 N–H and O–H groups in total. The van der Waals surface area contributed by atoms with Crippen molar-refractivity contribution in [1.29, 1.82) is 0 Å². The molecule has 2 aromatic rings. The number of hydrogen-bond acceptors (Lipinski definition) is 5. The van der Waals surface area contributed by atoms with Gasteiger partial charge in [0.1, 0.15) is 5.82 Å². The van der Waals surface area contributed by atoms with E-state index >= 15 is 0 Å². The summed E-state index contributed by atoms with van der Waals surface area (Å²) < 4.78 is 5.13. The van der Waals surface area contributed by atoms with Crippen LogP contribution < -0.4 is 4.90 Å². The van der Waals surface area contributed by atoms with Gasteiger partial charge in [0, 0.05) is 51.0 Å². The van der Waals surface area contributed by atoms with Crippen LogP contribution in [-0.4, -0.2) is 54.1 Å². The number of aromatic nitrogens is 2. The van der Waals surface area contributed by atoms with E-state index in [-0.39, 0.29) is 11.9 Å². The van der Waals surface area contributed by atoms with Gasteiger partial charge < -0.3 is 14.5 Å². The van der Waals surface area contributed by atoms with E-state index in [0.29, 0.717) is 24.9 Å². The van der Waals surface area contributed by atoms with E-state index < -0.39 is 0 Å². The van der Waals surface area contributed by atoms with Crippen LogP contribution in [0.3, 0.4) is 0 Å². The van der Waals surface area contributed by atoms with Crippen LogP contribution in [-0.2, 0) is 9.53 Å². The zero-order valence-electron chi connectivity index (χ0n) is 15.9. The second-order valence-corrected chi connectivity index (χ2v) is 7.48. The number of carbonyl (C=O) groups is 1. The predicted molar refractivity (Wildman–Crippen MR) is 103 cm³/mol. The second kappa shape index (κ2) is 7.64. The molecule has 3 atom stereocenters. The van der Waals surface area contributed by atoms with Crippen LogP contribution in [0.4, 0.5) is 5.82 Å². The Morgan fingerprint density at radius 3 is 2.81 bits per heavy atom. The normalized spacial score (nSPS) is 24.3. The fourth-order valence-electron chi connectivity index (χ4n) is 4.59.